The number of aliphatic carboxylic acids is 2. The summed E-state index contributed by atoms with van der Waals surface area (Å²) in [7, 11) is 0. The summed E-state index contributed by atoms with van der Waals surface area (Å²) in [5.41, 5.74) is 2.79. The molecule has 0 saturated carbocycles. The maximum Gasteiger partial charge on any atom is 0.311 e. The van der Waals surface area contributed by atoms with Crippen LogP contribution in [0.4, 0.5) is 5.69 Å². The van der Waals surface area contributed by atoms with Gasteiger partial charge >= 0.3 is 11.9 Å². The number of nitro groups is 1. The van der Waals surface area contributed by atoms with Crippen LogP contribution in [0.1, 0.15) is 64.4 Å². The van der Waals surface area contributed by atoms with Gasteiger partial charge in [0.25, 0.3) is 5.69 Å². The second-order valence-electron chi connectivity index (χ2n) is 8.78. The minimum atomic E-state index is -1.49. The summed E-state index contributed by atoms with van der Waals surface area (Å²) in [6.45, 7) is 5.58. The zero-order chi connectivity index (χ0) is 23.4. The largest absolute Gasteiger partial charge is 0.481 e. The van der Waals surface area contributed by atoms with Gasteiger partial charge in [-0.3, -0.25) is 19.7 Å². The van der Waals surface area contributed by atoms with Crippen molar-refractivity contribution in [3.8, 4) is 0 Å². The molecule has 0 radical (unpaired) electrons. The van der Waals surface area contributed by atoms with Gasteiger partial charge in [-0.25, -0.2) is 0 Å². The summed E-state index contributed by atoms with van der Waals surface area (Å²) >= 11 is 0. The molecule has 1 aliphatic rings. The highest BCUT2D eigenvalue weighted by Gasteiger charge is 2.64. The van der Waals surface area contributed by atoms with Crippen LogP contribution in [0.2, 0.25) is 0 Å². The third-order valence-corrected chi connectivity index (χ3v) is 7.10. The molecular formula is C22H33N3O6. The van der Waals surface area contributed by atoms with Crippen LogP contribution in [0.15, 0.2) is 24.3 Å². The van der Waals surface area contributed by atoms with E-state index in [9.17, 15) is 29.9 Å². The number of nitro benzene ring substituents is 1. The van der Waals surface area contributed by atoms with Crippen molar-refractivity contribution in [3.05, 3.63) is 39.9 Å². The lowest BCUT2D eigenvalue weighted by atomic mass is 9.51. The lowest BCUT2D eigenvalue weighted by molar-refractivity contribution is -0.385. The lowest BCUT2D eigenvalue weighted by Crippen LogP contribution is -2.68. The second-order valence-corrected chi connectivity index (χ2v) is 8.78. The number of hydrogen-bond donors (Lipinski definition) is 4. The fraction of sp³-hybridized carbons (Fsp3) is 0.636. The standard InChI is InChI=1S/C22H33N3O6/c1-14-21(3,19(26)27)18(16-9-8-10-17(13-16)25(30)31)22(20(28)29,15(2)24-14)11-6-4-5-7-12-23/h8-10,13-15,18,24H,4-7,11-12,23H2,1-3H3,(H,26,27)(H,28,29). The number of carbonyl (C=O) groups is 2. The van der Waals surface area contributed by atoms with E-state index in [-0.39, 0.29) is 12.1 Å². The van der Waals surface area contributed by atoms with Crippen molar-refractivity contribution in [3.63, 3.8) is 0 Å². The molecule has 0 amide bonds. The topological polar surface area (TPSA) is 156 Å². The van der Waals surface area contributed by atoms with Crippen LogP contribution in [0.3, 0.4) is 0 Å². The first-order chi connectivity index (χ1) is 14.5. The molecule has 5 unspecified atom stereocenters. The van der Waals surface area contributed by atoms with Gasteiger partial charge in [0.05, 0.1) is 15.8 Å². The summed E-state index contributed by atoms with van der Waals surface area (Å²) in [5.74, 6) is -3.19. The number of nitrogens with two attached hydrogens (primary N) is 1. The van der Waals surface area contributed by atoms with E-state index in [1.807, 2.05) is 0 Å². The Morgan fingerprint density at radius 1 is 1.13 bits per heavy atom. The van der Waals surface area contributed by atoms with Crippen LogP contribution in [0.25, 0.3) is 0 Å². The lowest BCUT2D eigenvalue weighted by Gasteiger charge is -2.56. The molecule has 9 heteroatoms. The summed E-state index contributed by atoms with van der Waals surface area (Å²) in [6.07, 6.45) is 3.33. The first-order valence-electron chi connectivity index (χ1n) is 10.7. The van der Waals surface area contributed by atoms with Crippen LogP contribution in [-0.4, -0.2) is 45.7 Å². The van der Waals surface area contributed by atoms with Gasteiger partial charge in [0.15, 0.2) is 0 Å². The van der Waals surface area contributed by atoms with Crippen LogP contribution in [0.5, 0.6) is 0 Å². The Morgan fingerprint density at radius 2 is 1.77 bits per heavy atom. The molecule has 5 atom stereocenters. The van der Waals surface area contributed by atoms with Gasteiger partial charge < -0.3 is 21.3 Å². The highest BCUT2D eigenvalue weighted by atomic mass is 16.6. The van der Waals surface area contributed by atoms with Gasteiger partial charge in [-0.05, 0) is 45.7 Å². The average molecular weight is 436 g/mol. The fourth-order valence-corrected chi connectivity index (χ4v) is 5.19. The number of piperidine rings is 1. The van der Waals surface area contributed by atoms with Gasteiger partial charge in [0.2, 0.25) is 0 Å². The first kappa shape index (κ1) is 24.7. The van der Waals surface area contributed by atoms with E-state index >= 15 is 0 Å². The van der Waals surface area contributed by atoms with Crippen LogP contribution < -0.4 is 11.1 Å². The Morgan fingerprint density at radius 3 is 2.32 bits per heavy atom. The van der Waals surface area contributed by atoms with Gasteiger partial charge in [-0.15, -0.1) is 0 Å². The summed E-state index contributed by atoms with van der Waals surface area (Å²) in [5, 5.41) is 35.3. The normalized spacial score (nSPS) is 30.6. The molecule has 0 aromatic heterocycles. The van der Waals surface area contributed by atoms with Crippen LogP contribution >= 0.6 is 0 Å². The minimum Gasteiger partial charge on any atom is -0.481 e. The van der Waals surface area contributed by atoms with Crippen LogP contribution in [0, 0.1) is 20.9 Å². The van der Waals surface area contributed by atoms with E-state index in [1.54, 1.807) is 19.9 Å². The molecule has 0 bridgehead atoms. The number of rotatable bonds is 10. The monoisotopic (exact) mass is 435 g/mol. The maximum absolute atomic E-state index is 12.8. The minimum absolute atomic E-state index is 0.189. The molecule has 1 fully saturated rings. The molecule has 0 aliphatic carbocycles. The fourth-order valence-electron chi connectivity index (χ4n) is 5.19. The zero-order valence-corrected chi connectivity index (χ0v) is 18.3. The number of unbranched alkanes of at least 4 members (excludes halogenated alkanes) is 3. The van der Waals surface area contributed by atoms with E-state index in [0.29, 0.717) is 18.5 Å². The number of benzene rings is 1. The van der Waals surface area contributed by atoms with Crippen molar-refractivity contribution >= 4 is 17.6 Å². The molecule has 1 aromatic rings. The van der Waals surface area contributed by atoms with E-state index in [4.69, 9.17) is 5.73 Å². The van der Waals surface area contributed by atoms with E-state index < -0.39 is 45.7 Å². The number of carboxylic acids is 2. The third kappa shape index (κ3) is 4.43. The van der Waals surface area contributed by atoms with Crippen molar-refractivity contribution in [1.82, 2.24) is 5.32 Å². The second kappa shape index (κ2) is 9.74. The predicted molar refractivity (Wildman–Crippen MR) is 116 cm³/mol. The molecule has 1 heterocycles. The van der Waals surface area contributed by atoms with Gasteiger partial charge in [-0.2, -0.15) is 0 Å². The molecule has 1 aliphatic heterocycles. The Kier molecular flexibility index (Phi) is 7.77. The van der Waals surface area contributed by atoms with Gasteiger partial charge in [0, 0.05) is 30.1 Å². The van der Waals surface area contributed by atoms with Crippen molar-refractivity contribution in [2.24, 2.45) is 16.6 Å². The molecule has 5 N–H and O–H groups in total. The van der Waals surface area contributed by atoms with Gasteiger partial charge in [0.1, 0.15) is 0 Å². The third-order valence-electron chi connectivity index (χ3n) is 7.10. The number of non-ortho nitro benzene ring substituents is 1. The SMILES string of the molecule is CC1NC(C)C(CCCCCCN)(C(=O)O)C(c2cccc([N+](=O)[O-])c2)C1(C)C(=O)O. The molecular weight excluding hydrogens is 402 g/mol. The maximum atomic E-state index is 12.8. The molecule has 1 aromatic carbocycles. The molecule has 0 spiro atoms. The van der Waals surface area contributed by atoms with Crippen molar-refractivity contribution < 1.29 is 24.7 Å². The average Bonchev–Trinajstić information content (AvgIpc) is 2.71. The Bertz CT molecular complexity index is 831. The Labute approximate surface area is 182 Å². The highest BCUT2D eigenvalue weighted by molar-refractivity contribution is 5.84. The van der Waals surface area contributed by atoms with Crippen molar-refractivity contribution in [2.75, 3.05) is 6.54 Å². The van der Waals surface area contributed by atoms with Crippen molar-refractivity contribution in [2.45, 2.75) is 70.9 Å². The van der Waals surface area contributed by atoms with Crippen molar-refractivity contribution in [1.29, 1.82) is 0 Å². The number of carboxylic acid groups (broad SMARTS) is 2. The van der Waals surface area contributed by atoms with E-state index in [2.05, 4.69) is 5.32 Å². The summed E-state index contributed by atoms with van der Waals surface area (Å²) in [4.78, 5) is 36.2. The molecule has 9 nitrogen and oxygen atoms in total. The predicted octanol–water partition coefficient (Wildman–Crippen LogP) is 3.13. The van der Waals surface area contributed by atoms with E-state index in [0.717, 1.165) is 19.3 Å². The zero-order valence-electron chi connectivity index (χ0n) is 18.3. The first-order valence-corrected chi connectivity index (χ1v) is 10.7. The summed E-state index contributed by atoms with van der Waals surface area (Å²) < 4.78 is 0. The van der Waals surface area contributed by atoms with E-state index in [1.165, 1.54) is 25.1 Å². The quantitative estimate of drug-likeness (QED) is 0.248. The molecule has 1 saturated heterocycles. The van der Waals surface area contributed by atoms with Gasteiger partial charge in [-0.1, -0.05) is 31.4 Å². The molecule has 172 valence electrons. The smallest absolute Gasteiger partial charge is 0.311 e. The number of hydrogen-bond acceptors (Lipinski definition) is 6. The Hall–Kier alpha value is -2.52. The number of nitrogens with zero attached hydrogens (tertiary/aromatic N) is 1. The van der Waals surface area contributed by atoms with Crippen LogP contribution in [-0.2, 0) is 9.59 Å². The Balaban J connectivity index is 2.67. The molecule has 31 heavy (non-hydrogen) atoms. The summed E-state index contributed by atoms with van der Waals surface area (Å²) in [6, 6.07) is 4.66. The molecule has 2 rings (SSSR count). The highest BCUT2D eigenvalue weighted by Crippen LogP contribution is 2.57. The number of nitrogens with one attached hydrogen (secondary N) is 1.